The van der Waals surface area contributed by atoms with E-state index in [1.165, 1.54) is 0 Å². The number of aliphatic hydroxyl groups is 1. The van der Waals surface area contributed by atoms with Gasteiger partial charge in [-0.05, 0) is 17.0 Å². The van der Waals surface area contributed by atoms with E-state index in [-0.39, 0.29) is 12.3 Å². The van der Waals surface area contributed by atoms with Crippen molar-refractivity contribution < 1.29 is 15.0 Å². The van der Waals surface area contributed by atoms with Crippen molar-refractivity contribution in [3.8, 4) is 0 Å². The van der Waals surface area contributed by atoms with Crippen LogP contribution < -0.4 is 0 Å². The Labute approximate surface area is 120 Å². The lowest BCUT2D eigenvalue weighted by atomic mass is 9.83. The number of fused-ring (bicyclic) bond motifs is 1. The average molecular weight is 274 g/mol. The van der Waals surface area contributed by atoms with Crippen LogP contribution >= 0.6 is 0 Å². The van der Waals surface area contributed by atoms with E-state index in [4.69, 9.17) is 0 Å². The molecule has 108 valence electrons. The molecule has 0 saturated heterocycles. The zero-order valence-electron chi connectivity index (χ0n) is 12.2. The second kappa shape index (κ2) is 7.06. The van der Waals surface area contributed by atoms with Crippen molar-refractivity contribution in [3.63, 3.8) is 0 Å². The van der Waals surface area contributed by atoms with Crippen molar-refractivity contribution in [3.05, 3.63) is 59.7 Å². The van der Waals surface area contributed by atoms with Gasteiger partial charge in [0.15, 0.2) is 5.60 Å². The first-order chi connectivity index (χ1) is 9.55. The fraction of sp³-hybridized carbons (Fsp3) is 0.353. The van der Waals surface area contributed by atoms with Crippen LogP contribution in [0.15, 0.2) is 48.6 Å². The number of benzene rings is 1. The third-order valence-electron chi connectivity index (χ3n) is 3.31. The molecule has 20 heavy (non-hydrogen) atoms. The number of carboxylic acids is 1. The number of rotatable bonds is 1. The van der Waals surface area contributed by atoms with Crippen LogP contribution in [0.25, 0.3) is 0 Å². The van der Waals surface area contributed by atoms with E-state index in [9.17, 15) is 15.0 Å². The van der Waals surface area contributed by atoms with Gasteiger partial charge in [-0.25, -0.2) is 4.79 Å². The molecule has 3 heteroatoms. The Hall–Kier alpha value is -1.87. The van der Waals surface area contributed by atoms with Crippen LogP contribution in [0, 0.1) is 0 Å². The molecule has 0 amide bonds. The largest absolute Gasteiger partial charge is 0.479 e. The summed E-state index contributed by atoms with van der Waals surface area (Å²) in [5.74, 6) is -1.15. The normalized spacial score (nSPS) is 27.7. The zero-order chi connectivity index (χ0) is 15.2. The van der Waals surface area contributed by atoms with Crippen molar-refractivity contribution in [2.24, 2.45) is 0 Å². The van der Waals surface area contributed by atoms with E-state index < -0.39 is 11.6 Å². The minimum atomic E-state index is -1.85. The molecule has 2 N–H and O–H groups in total. The van der Waals surface area contributed by atoms with E-state index in [0.717, 1.165) is 5.56 Å². The van der Waals surface area contributed by atoms with Gasteiger partial charge in [0, 0.05) is 6.42 Å². The molecule has 1 aliphatic rings. The molecule has 0 saturated carbocycles. The quantitative estimate of drug-likeness (QED) is 0.822. The first-order valence-electron chi connectivity index (χ1n) is 6.94. The minimum Gasteiger partial charge on any atom is -0.479 e. The van der Waals surface area contributed by atoms with E-state index in [1.807, 2.05) is 45.1 Å². The summed E-state index contributed by atoms with van der Waals surface area (Å²) in [4.78, 5) is 11.4. The lowest BCUT2D eigenvalue weighted by Gasteiger charge is -2.26. The maximum Gasteiger partial charge on any atom is 0.340 e. The summed E-state index contributed by atoms with van der Waals surface area (Å²) >= 11 is 0. The highest BCUT2D eigenvalue weighted by molar-refractivity contribution is 5.80. The summed E-state index contributed by atoms with van der Waals surface area (Å²) in [7, 11) is 0. The summed E-state index contributed by atoms with van der Waals surface area (Å²) in [5, 5.41) is 19.8. The molecule has 3 nitrogen and oxygen atoms in total. The number of aliphatic carboxylic acids is 1. The topological polar surface area (TPSA) is 57.5 Å². The van der Waals surface area contributed by atoms with Gasteiger partial charge in [-0.3, -0.25) is 0 Å². The van der Waals surface area contributed by atoms with Gasteiger partial charge in [0.2, 0.25) is 0 Å². The lowest BCUT2D eigenvalue weighted by molar-refractivity contribution is -0.159. The van der Waals surface area contributed by atoms with Crippen LogP contribution in [-0.4, -0.2) is 16.2 Å². The van der Waals surface area contributed by atoms with E-state index in [0.29, 0.717) is 5.56 Å². The number of hydrogen-bond donors (Lipinski definition) is 2. The van der Waals surface area contributed by atoms with Crippen LogP contribution in [0.1, 0.15) is 44.2 Å². The van der Waals surface area contributed by atoms with Gasteiger partial charge in [-0.2, -0.15) is 0 Å². The Morgan fingerprint density at radius 2 is 1.90 bits per heavy atom. The molecule has 1 aliphatic carbocycles. The Morgan fingerprint density at radius 3 is 2.55 bits per heavy atom. The summed E-state index contributed by atoms with van der Waals surface area (Å²) in [6, 6.07) is 7.16. The Bertz CT molecular complexity index is 517. The number of carbonyl (C=O) groups is 1. The van der Waals surface area contributed by atoms with Crippen LogP contribution in [0.3, 0.4) is 0 Å². The summed E-state index contributed by atoms with van der Waals surface area (Å²) < 4.78 is 0. The highest BCUT2D eigenvalue weighted by atomic mass is 16.4. The molecule has 0 aromatic heterocycles. The van der Waals surface area contributed by atoms with Crippen LogP contribution in [0.4, 0.5) is 0 Å². The smallest absolute Gasteiger partial charge is 0.340 e. The Morgan fingerprint density at radius 1 is 1.25 bits per heavy atom. The Kier molecular flexibility index (Phi) is 5.71. The van der Waals surface area contributed by atoms with Crippen molar-refractivity contribution in [1.29, 1.82) is 0 Å². The van der Waals surface area contributed by atoms with Gasteiger partial charge in [0.05, 0.1) is 0 Å². The Balaban J connectivity index is 0.000000956. The fourth-order valence-corrected chi connectivity index (χ4v) is 2.23. The zero-order valence-corrected chi connectivity index (χ0v) is 12.2. The summed E-state index contributed by atoms with van der Waals surface area (Å²) in [6.45, 7) is 5.98. The molecule has 0 spiro atoms. The van der Waals surface area contributed by atoms with Gasteiger partial charge < -0.3 is 10.2 Å². The fourth-order valence-electron chi connectivity index (χ4n) is 2.23. The minimum absolute atomic E-state index is 0.0647. The highest BCUT2D eigenvalue weighted by Crippen LogP contribution is 2.34. The number of carboxylic acid groups (broad SMARTS) is 1. The first kappa shape index (κ1) is 16.2. The molecule has 2 unspecified atom stereocenters. The molecular formula is C17H22O3. The summed E-state index contributed by atoms with van der Waals surface area (Å²) in [6.07, 6.45) is 7.39. The van der Waals surface area contributed by atoms with Gasteiger partial charge in [0.25, 0.3) is 0 Å². The molecule has 1 aromatic rings. The second-order valence-corrected chi connectivity index (χ2v) is 4.56. The van der Waals surface area contributed by atoms with Crippen LogP contribution in [-0.2, 0) is 10.4 Å². The van der Waals surface area contributed by atoms with Gasteiger partial charge in [-0.1, -0.05) is 69.3 Å². The average Bonchev–Trinajstić information content (AvgIpc) is 2.53. The summed E-state index contributed by atoms with van der Waals surface area (Å²) in [5.41, 5.74) is -0.531. The van der Waals surface area contributed by atoms with Crippen molar-refractivity contribution >= 4 is 5.97 Å². The van der Waals surface area contributed by atoms with Crippen molar-refractivity contribution in [2.75, 3.05) is 0 Å². The molecule has 0 radical (unpaired) electrons. The first-order valence-corrected chi connectivity index (χ1v) is 6.94. The molecule has 0 bridgehead atoms. The SMILES string of the molecule is CC.CC1/C=C\C=C/CC(O)(C(=O)O)c2ccccc21. The lowest BCUT2D eigenvalue weighted by Crippen LogP contribution is -2.36. The molecule has 2 atom stereocenters. The van der Waals surface area contributed by atoms with E-state index in [2.05, 4.69) is 0 Å². The predicted octanol–water partition coefficient (Wildman–Crippen LogP) is 3.60. The van der Waals surface area contributed by atoms with Crippen LogP contribution in [0.5, 0.6) is 0 Å². The van der Waals surface area contributed by atoms with E-state index >= 15 is 0 Å². The third kappa shape index (κ3) is 3.17. The predicted molar refractivity (Wildman–Crippen MR) is 80.6 cm³/mol. The maximum atomic E-state index is 11.4. The van der Waals surface area contributed by atoms with Gasteiger partial charge >= 0.3 is 5.97 Å². The molecule has 0 fully saturated rings. The molecule has 2 rings (SSSR count). The van der Waals surface area contributed by atoms with Crippen LogP contribution in [0.2, 0.25) is 0 Å². The molecule has 0 heterocycles. The van der Waals surface area contributed by atoms with Crippen molar-refractivity contribution in [2.45, 2.75) is 38.7 Å². The van der Waals surface area contributed by atoms with Gasteiger partial charge in [-0.15, -0.1) is 0 Å². The molecule has 0 aliphatic heterocycles. The standard InChI is InChI=1S/C15H16O3.C2H6/c1-11-7-3-2-6-10-15(18,14(16)17)13-9-5-4-8-12(11)13;1-2/h2-9,11,18H,10H2,1H3,(H,16,17);1-2H3/b6-2-,7-3-;. The van der Waals surface area contributed by atoms with Gasteiger partial charge in [0.1, 0.15) is 0 Å². The highest BCUT2D eigenvalue weighted by Gasteiger charge is 2.39. The maximum absolute atomic E-state index is 11.4. The monoisotopic (exact) mass is 274 g/mol. The number of allylic oxidation sites excluding steroid dienone is 3. The third-order valence-corrected chi connectivity index (χ3v) is 3.31. The molecular weight excluding hydrogens is 252 g/mol. The number of hydrogen-bond acceptors (Lipinski definition) is 2. The second-order valence-electron chi connectivity index (χ2n) is 4.56. The van der Waals surface area contributed by atoms with Crippen molar-refractivity contribution in [1.82, 2.24) is 0 Å². The van der Waals surface area contributed by atoms with E-state index in [1.54, 1.807) is 24.3 Å². The molecule has 1 aromatic carbocycles.